The Morgan fingerprint density at radius 2 is 1.87 bits per heavy atom. The van der Waals surface area contributed by atoms with E-state index in [0.717, 1.165) is 12.3 Å². The van der Waals surface area contributed by atoms with Gasteiger partial charge in [0.1, 0.15) is 30.4 Å². The number of ketones is 1. The van der Waals surface area contributed by atoms with Gasteiger partial charge >= 0.3 is 16.2 Å². The number of halogens is 2. The van der Waals surface area contributed by atoms with E-state index in [0.29, 0.717) is 31.6 Å². The van der Waals surface area contributed by atoms with Crippen LogP contribution in [0.25, 0.3) is 10.9 Å². The second kappa shape index (κ2) is 12.1. The molecule has 3 atom stereocenters. The molecule has 1 amide bonds. The fraction of sp³-hybridized carbons (Fsp3) is 0.379. The van der Waals surface area contributed by atoms with E-state index in [1.807, 2.05) is 0 Å². The fourth-order valence-corrected chi connectivity index (χ4v) is 7.90. The van der Waals surface area contributed by atoms with Crippen LogP contribution in [-0.2, 0) is 19.9 Å². The first kappa shape index (κ1) is 32.2. The number of β-lactam (4-membered cyclic amide) rings is 1. The summed E-state index contributed by atoms with van der Waals surface area (Å²) >= 11 is -0.118. The summed E-state index contributed by atoms with van der Waals surface area (Å²) in [6.45, 7) is -0.804. The molecule has 1 aliphatic carbocycles. The monoisotopic (exact) mass is 678 g/mol. The summed E-state index contributed by atoms with van der Waals surface area (Å²) < 4.78 is 71.1. The lowest BCUT2D eigenvalue weighted by Gasteiger charge is -2.39. The third-order valence-corrected chi connectivity index (χ3v) is 11.1. The van der Waals surface area contributed by atoms with Gasteiger partial charge in [0.25, 0.3) is 5.12 Å². The van der Waals surface area contributed by atoms with E-state index < -0.39 is 71.0 Å². The average Bonchev–Trinajstić information content (AvgIpc) is 3.77. The van der Waals surface area contributed by atoms with E-state index in [9.17, 15) is 32.1 Å². The summed E-state index contributed by atoms with van der Waals surface area (Å²) in [5, 5.41) is 0.974. The van der Waals surface area contributed by atoms with Gasteiger partial charge in [-0.15, -0.1) is 8.42 Å². The molecule has 0 radical (unpaired) electrons. The van der Waals surface area contributed by atoms with Crippen molar-refractivity contribution in [2.75, 3.05) is 37.7 Å². The molecule has 6 rings (SSSR count). The number of aromatic nitrogens is 1. The van der Waals surface area contributed by atoms with Crippen molar-refractivity contribution in [2.24, 2.45) is 5.73 Å². The van der Waals surface area contributed by atoms with Gasteiger partial charge in [0, 0.05) is 31.4 Å². The SMILES string of the molecule is NC1CCN(c2c(F)cc3c(=O)c(C(=O)S[N+]4(S(=O)(=O)O)C[C@H](NCC(=O)COc5ccccc5)C4=O)cn(C4CC4)c3c2F)C1. The highest BCUT2D eigenvalue weighted by molar-refractivity contribution is 8.14. The maximum absolute atomic E-state index is 15.9. The molecule has 1 saturated carbocycles. The Morgan fingerprint density at radius 1 is 1.15 bits per heavy atom. The smallest absolute Gasteiger partial charge is 0.452 e. The number of nitrogens with two attached hydrogens (primary N) is 1. The highest BCUT2D eigenvalue weighted by Crippen LogP contribution is 2.42. The second-order valence-corrected chi connectivity index (χ2v) is 14.4. The van der Waals surface area contributed by atoms with Crippen LogP contribution in [0.2, 0.25) is 0 Å². The molecule has 2 saturated heterocycles. The number of fused-ring (bicyclic) bond motifs is 1. The summed E-state index contributed by atoms with van der Waals surface area (Å²) in [7, 11) is -5.26. The van der Waals surface area contributed by atoms with Crippen LogP contribution in [0, 0.1) is 11.6 Å². The van der Waals surface area contributed by atoms with Gasteiger partial charge in [-0.05, 0) is 37.5 Å². The molecule has 3 aliphatic rings. The van der Waals surface area contributed by atoms with Crippen LogP contribution in [0.4, 0.5) is 14.5 Å². The number of carbonyl (C=O) groups is 3. The lowest BCUT2D eigenvalue weighted by molar-refractivity contribution is -0.622. The van der Waals surface area contributed by atoms with Crippen molar-refractivity contribution in [3.8, 4) is 5.75 Å². The molecule has 3 heterocycles. The van der Waals surface area contributed by atoms with Crippen molar-refractivity contribution in [3.05, 3.63) is 70.0 Å². The normalized spacial score (nSPS) is 23.0. The number of hydrogen-bond acceptors (Lipinski definition) is 11. The molecular weight excluding hydrogens is 648 g/mol. The van der Waals surface area contributed by atoms with Crippen LogP contribution in [-0.4, -0.2) is 82.5 Å². The van der Waals surface area contributed by atoms with Crippen molar-refractivity contribution in [1.82, 2.24) is 9.88 Å². The van der Waals surface area contributed by atoms with E-state index >= 15 is 8.78 Å². The minimum atomic E-state index is -5.26. The predicted molar refractivity (Wildman–Crippen MR) is 164 cm³/mol. The van der Waals surface area contributed by atoms with Crippen LogP contribution in [0.1, 0.15) is 35.7 Å². The van der Waals surface area contributed by atoms with Gasteiger partial charge in [-0.2, -0.15) is 0 Å². The first-order chi connectivity index (χ1) is 21.8. The highest BCUT2D eigenvalue weighted by atomic mass is 32.3. The number of hydrogen-bond donors (Lipinski definition) is 3. The summed E-state index contributed by atoms with van der Waals surface area (Å²) in [6.07, 6.45) is 2.79. The van der Waals surface area contributed by atoms with Gasteiger partial charge < -0.3 is 19.9 Å². The minimum absolute atomic E-state index is 0.118. The summed E-state index contributed by atoms with van der Waals surface area (Å²) in [5.41, 5.74) is 3.73. The zero-order valence-corrected chi connectivity index (χ0v) is 25.9. The number of benzene rings is 2. The number of ether oxygens (including phenoxy) is 1. The Morgan fingerprint density at radius 3 is 2.48 bits per heavy atom. The molecule has 2 unspecified atom stereocenters. The van der Waals surface area contributed by atoms with Crippen LogP contribution in [0.3, 0.4) is 0 Å². The molecule has 2 aliphatic heterocycles. The Bertz CT molecular complexity index is 1920. The van der Waals surface area contributed by atoms with Crippen molar-refractivity contribution in [1.29, 1.82) is 0 Å². The van der Waals surface area contributed by atoms with Gasteiger partial charge in [-0.1, -0.05) is 21.5 Å². The summed E-state index contributed by atoms with van der Waals surface area (Å²) in [4.78, 5) is 53.8. The number of nitrogens with zero attached hydrogens (tertiary/aromatic N) is 3. The largest absolute Gasteiger partial charge is 0.486 e. The fourth-order valence-electron chi connectivity index (χ4n) is 5.67. The molecular formula is C29H30F2N5O8S2+. The molecule has 3 fully saturated rings. The number of para-hydroxylation sites is 1. The number of Topliss-reactive ketones (excluding diaryl/α,β-unsaturated/α-hetero) is 1. The van der Waals surface area contributed by atoms with Crippen molar-refractivity contribution < 1.29 is 44.2 Å². The first-order valence-electron chi connectivity index (χ1n) is 14.4. The number of pyridine rings is 1. The Hall–Kier alpha value is -3.74. The molecule has 244 valence electrons. The Kier molecular flexibility index (Phi) is 8.49. The van der Waals surface area contributed by atoms with Crippen LogP contribution in [0.15, 0.2) is 47.4 Å². The number of carbonyl (C=O) groups excluding carboxylic acids is 3. The molecule has 2 aromatic carbocycles. The number of anilines is 1. The van der Waals surface area contributed by atoms with Gasteiger partial charge in [-0.25, -0.2) is 18.1 Å². The van der Waals surface area contributed by atoms with Crippen molar-refractivity contribution in [2.45, 2.75) is 37.4 Å². The first-order valence-corrected chi connectivity index (χ1v) is 16.6. The molecule has 4 N–H and O–H groups in total. The van der Waals surface area contributed by atoms with Crippen LogP contribution >= 0.6 is 11.9 Å². The van der Waals surface area contributed by atoms with Crippen molar-refractivity contribution >= 4 is 55.6 Å². The standard InChI is InChI=1S/C29H29F2N5O8S2/c30-22-10-20-25(24(31)26(22)34-9-8-16(32)12-34)35(17-6-7-17)13-21(27(20)38)29(40)45-36(46(41,42)43)14-23(28(36)39)33-11-18(37)15-44-19-4-2-1-3-5-19/h1-5,10,13,16-17,23,33H,6-9,11-12,14-15,32H2/p+1/t16?,23-,36?/m0/s1. The quantitative estimate of drug-likeness (QED) is 0.116. The number of rotatable bonds is 11. The average molecular weight is 679 g/mol. The molecule has 17 heteroatoms. The summed E-state index contributed by atoms with van der Waals surface area (Å²) in [6, 6.07) is 7.54. The number of quaternary nitrogens is 1. The molecule has 0 bridgehead atoms. The number of amides is 1. The molecule has 13 nitrogen and oxygen atoms in total. The topological polar surface area (TPSA) is 178 Å². The Labute approximate surface area is 265 Å². The van der Waals surface area contributed by atoms with Gasteiger partial charge in [0.2, 0.25) is 5.43 Å². The van der Waals surface area contributed by atoms with Gasteiger partial charge in [0.15, 0.2) is 29.6 Å². The predicted octanol–water partition coefficient (Wildman–Crippen LogP) is 1.71. The van der Waals surface area contributed by atoms with E-state index in [2.05, 4.69) is 5.32 Å². The summed E-state index contributed by atoms with van der Waals surface area (Å²) in [5.74, 6) is -3.15. The lowest BCUT2D eigenvalue weighted by atomic mass is 10.1. The van der Waals surface area contributed by atoms with Gasteiger partial charge in [0.05, 0.1) is 23.0 Å². The maximum Gasteiger partial charge on any atom is 0.452 e. The van der Waals surface area contributed by atoms with E-state index in [-0.39, 0.29) is 54.9 Å². The molecule has 46 heavy (non-hydrogen) atoms. The zero-order chi connectivity index (χ0) is 33.0. The van der Waals surface area contributed by atoms with E-state index in [1.54, 1.807) is 30.3 Å². The number of nitrogens with one attached hydrogen (secondary N) is 1. The molecule has 3 aromatic rings. The lowest BCUT2D eigenvalue weighted by Crippen LogP contribution is -2.73. The molecule has 1 aromatic heterocycles. The second-order valence-electron chi connectivity index (χ2n) is 11.5. The zero-order valence-electron chi connectivity index (χ0n) is 24.2. The van der Waals surface area contributed by atoms with Crippen molar-refractivity contribution in [3.63, 3.8) is 0 Å². The highest BCUT2D eigenvalue weighted by Gasteiger charge is 2.66. The maximum atomic E-state index is 15.9. The van der Waals surface area contributed by atoms with Gasteiger partial charge in [-0.3, -0.25) is 19.7 Å². The van der Waals surface area contributed by atoms with Crippen LogP contribution in [0.5, 0.6) is 5.75 Å². The third kappa shape index (κ3) is 5.82. The van der Waals surface area contributed by atoms with E-state index in [1.165, 1.54) is 9.47 Å². The third-order valence-electron chi connectivity index (χ3n) is 8.23. The van der Waals surface area contributed by atoms with Crippen LogP contribution < -0.4 is 26.1 Å². The molecule has 0 spiro atoms. The Balaban J connectivity index is 1.23. The van der Waals surface area contributed by atoms with E-state index in [4.69, 9.17) is 10.5 Å². The minimum Gasteiger partial charge on any atom is -0.486 e.